The van der Waals surface area contributed by atoms with Crippen LogP contribution in [0.1, 0.15) is 4.88 Å². The molecule has 0 bridgehead atoms. The van der Waals surface area contributed by atoms with E-state index in [-0.39, 0.29) is 5.00 Å². The SMILES string of the molecule is COc1ccc(Cl)cc1NC(=O)/C=C/c1ccc([N+](=O)[O-])s1. The average Bonchev–Trinajstić information content (AvgIpc) is 2.94. The van der Waals surface area contributed by atoms with Crippen molar-refractivity contribution >= 4 is 45.6 Å². The van der Waals surface area contributed by atoms with Gasteiger partial charge in [0.2, 0.25) is 5.91 Å². The second-order valence-electron chi connectivity index (χ2n) is 4.10. The number of amides is 1. The van der Waals surface area contributed by atoms with Crippen LogP contribution in [0.25, 0.3) is 6.08 Å². The molecular formula is C14H11ClN2O4S. The van der Waals surface area contributed by atoms with Crippen molar-refractivity contribution < 1.29 is 14.5 Å². The van der Waals surface area contributed by atoms with E-state index in [9.17, 15) is 14.9 Å². The van der Waals surface area contributed by atoms with E-state index >= 15 is 0 Å². The number of hydrogen-bond acceptors (Lipinski definition) is 5. The number of halogens is 1. The number of thiophene rings is 1. The summed E-state index contributed by atoms with van der Waals surface area (Å²) in [6.45, 7) is 0. The smallest absolute Gasteiger partial charge is 0.324 e. The van der Waals surface area contributed by atoms with Gasteiger partial charge in [-0.05, 0) is 30.3 Å². The first kappa shape index (κ1) is 16.0. The zero-order valence-electron chi connectivity index (χ0n) is 11.4. The summed E-state index contributed by atoms with van der Waals surface area (Å²) < 4.78 is 5.12. The zero-order valence-corrected chi connectivity index (χ0v) is 13.0. The first-order chi connectivity index (χ1) is 10.5. The molecule has 6 nitrogen and oxygen atoms in total. The van der Waals surface area contributed by atoms with Gasteiger partial charge in [-0.25, -0.2) is 0 Å². The fraction of sp³-hybridized carbons (Fsp3) is 0.0714. The number of methoxy groups -OCH3 is 1. The Labute approximate surface area is 135 Å². The van der Waals surface area contributed by atoms with Crippen LogP contribution in [0.3, 0.4) is 0 Å². The third-order valence-electron chi connectivity index (χ3n) is 2.61. The molecule has 0 spiro atoms. The van der Waals surface area contributed by atoms with Crippen LogP contribution in [0.15, 0.2) is 36.4 Å². The van der Waals surface area contributed by atoms with Crippen LogP contribution >= 0.6 is 22.9 Å². The summed E-state index contributed by atoms with van der Waals surface area (Å²) in [4.78, 5) is 22.6. The second-order valence-corrected chi connectivity index (χ2v) is 5.63. The van der Waals surface area contributed by atoms with Crippen molar-refractivity contribution in [2.75, 3.05) is 12.4 Å². The Bertz CT molecular complexity index is 742. The van der Waals surface area contributed by atoms with Crippen molar-refractivity contribution in [1.29, 1.82) is 0 Å². The van der Waals surface area contributed by atoms with E-state index in [1.54, 1.807) is 24.3 Å². The maximum Gasteiger partial charge on any atom is 0.324 e. The number of carbonyl (C=O) groups is 1. The number of nitrogens with zero attached hydrogens (tertiary/aromatic N) is 1. The van der Waals surface area contributed by atoms with Gasteiger partial charge in [-0.2, -0.15) is 0 Å². The highest BCUT2D eigenvalue weighted by molar-refractivity contribution is 7.16. The number of rotatable bonds is 5. The summed E-state index contributed by atoms with van der Waals surface area (Å²) in [5.41, 5.74) is 0.446. The molecule has 1 heterocycles. The van der Waals surface area contributed by atoms with Crippen LogP contribution in [-0.4, -0.2) is 17.9 Å². The van der Waals surface area contributed by atoms with Gasteiger partial charge in [0.1, 0.15) is 5.75 Å². The lowest BCUT2D eigenvalue weighted by atomic mass is 10.3. The van der Waals surface area contributed by atoms with Crippen molar-refractivity contribution in [2.24, 2.45) is 0 Å². The fourth-order valence-corrected chi connectivity index (χ4v) is 2.54. The highest BCUT2D eigenvalue weighted by Gasteiger charge is 2.09. The van der Waals surface area contributed by atoms with E-state index in [0.29, 0.717) is 21.3 Å². The summed E-state index contributed by atoms with van der Waals surface area (Å²) in [5, 5.41) is 13.7. The molecule has 0 atom stereocenters. The normalized spacial score (nSPS) is 10.6. The Morgan fingerprint density at radius 1 is 1.41 bits per heavy atom. The van der Waals surface area contributed by atoms with Crippen LogP contribution in [-0.2, 0) is 4.79 Å². The lowest BCUT2D eigenvalue weighted by molar-refractivity contribution is -0.380. The largest absolute Gasteiger partial charge is 0.495 e. The molecule has 114 valence electrons. The first-order valence-corrected chi connectivity index (χ1v) is 7.26. The molecule has 0 unspecified atom stereocenters. The molecule has 0 saturated heterocycles. The molecular weight excluding hydrogens is 328 g/mol. The number of carbonyl (C=O) groups excluding carboxylic acids is 1. The topological polar surface area (TPSA) is 81.5 Å². The molecule has 0 aliphatic carbocycles. The van der Waals surface area contributed by atoms with Crippen LogP contribution in [0.2, 0.25) is 5.02 Å². The van der Waals surface area contributed by atoms with E-state index in [1.807, 2.05) is 0 Å². The number of nitrogens with one attached hydrogen (secondary N) is 1. The van der Waals surface area contributed by atoms with Crippen LogP contribution < -0.4 is 10.1 Å². The molecule has 22 heavy (non-hydrogen) atoms. The van der Waals surface area contributed by atoms with Crippen molar-refractivity contribution in [3.63, 3.8) is 0 Å². The number of anilines is 1. The summed E-state index contributed by atoms with van der Waals surface area (Å²) in [6.07, 6.45) is 2.79. The third kappa shape index (κ3) is 4.06. The Hall–Kier alpha value is -2.38. The molecule has 1 amide bonds. The van der Waals surface area contributed by atoms with E-state index in [0.717, 1.165) is 11.3 Å². The number of ether oxygens (including phenoxy) is 1. The molecule has 1 aromatic carbocycles. The molecule has 0 radical (unpaired) electrons. The average molecular weight is 339 g/mol. The van der Waals surface area contributed by atoms with Gasteiger partial charge in [-0.15, -0.1) is 0 Å². The van der Waals surface area contributed by atoms with Crippen LogP contribution in [0.5, 0.6) is 5.75 Å². The van der Waals surface area contributed by atoms with Gasteiger partial charge in [-0.3, -0.25) is 14.9 Å². The summed E-state index contributed by atoms with van der Waals surface area (Å²) in [6, 6.07) is 7.83. The first-order valence-electron chi connectivity index (χ1n) is 6.06. The van der Waals surface area contributed by atoms with E-state index in [2.05, 4.69) is 5.32 Å². The van der Waals surface area contributed by atoms with Gasteiger partial charge in [0, 0.05) is 22.0 Å². The van der Waals surface area contributed by atoms with Gasteiger partial charge in [0.15, 0.2) is 0 Å². The van der Waals surface area contributed by atoms with Crippen molar-refractivity contribution in [3.05, 3.63) is 56.4 Å². The minimum atomic E-state index is -0.473. The minimum absolute atomic E-state index is 0.0246. The highest BCUT2D eigenvalue weighted by atomic mass is 35.5. The van der Waals surface area contributed by atoms with Gasteiger partial charge in [-0.1, -0.05) is 22.9 Å². The maximum atomic E-state index is 11.9. The third-order valence-corrected chi connectivity index (χ3v) is 3.85. The lowest BCUT2D eigenvalue weighted by Crippen LogP contribution is -2.08. The summed E-state index contributed by atoms with van der Waals surface area (Å²) >= 11 is 6.86. The maximum absolute atomic E-state index is 11.9. The van der Waals surface area contributed by atoms with Crippen LogP contribution in [0.4, 0.5) is 10.7 Å². The van der Waals surface area contributed by atoms with Crippen molar-refractivity contribution in [2.45, 2.75) is 0 Å². The minimum Gasteiger partial charge on any atom is -0.495 e. The lowest BCUT2D eigenvalue weighted by Gasteiger charge is -2.08. The molecule has 1 aromatic heterocycles. The van der Waals surface area contributed by atoms with Crippen molar-refractivity contribution in [1.82, 2.24) is 0 Å². The molecule has 8 heteroatoms. The Morgan fingerprint density at radius 3 is 2.82 bits per heavy atom. The monoisotopic (exact) mass is 338 g/mol. The van der Waals surface area contributed by atoms with Gasteiger partial charge in [0.05, 0.1) is 17.7 Å². The molecule has 0 fully saturated rings. The predicted molar refractivity (Wildman–Crippen MR) is 86.6 cm³/mol. The standard InChI is InChI=1S/C14H11ClN2O4S/c1-21-12-5-2-9(15)8-11(12)16-13(18)6-3-10-4-7-14(22-10)17(19)20/h2-8H,1H3,(H,16,18)/b6-3+. The molecule has 2 rings (SSSR count). The number of nitro groups is 1. The van der Waals surface area contributed by atoms with Gasteiger partial charge < -0.3 is 10.1 Å². The van der Waals surface area contributed by atoms with Gasteiger partial charge in [0.25, 0.3) is 0 Å². The summed E-state index contributed by atoms with van der Waals surface area (Å²) in [7, 11) is 1.49. The van der Waals surface area contributed by atoms with Gasteiger partial charge >= 0.3 is 5.00 Å². The predicted octanol–water partition coefficient (Wildman–Crippen LogP) is 3.97. The van der Waals surface area contributed by atoms with E-state index < -0.39 is 10.8 Å². The van der Waals surface area contributed by atoms with E-state index in [1.165, 1.54) is 25.3 Å². The Morgan fingerprint density at radius 2 is 2.18 bits per heavy atom. The van der Waals surface area contributed by atoms with E-state index in [4.69, 9.17) is 16.3 Å². The number of hydrogen-bond donors (Lipinski definition) is 1. The second kappa shape index (κ2) is 7.06. The number of benzene rings is 1. The Balaban J connectivity index is 2.07. The molecule has 0 aliphatic rings. The van der Waals surface area contributed by atoms with Crippen LogP contribution in [0, 0.1) is 10.1 Å². The Kier molecular flexibility index (Phi) is 5.13. The zero-order chi connectivity index (χ0) is 16.1. The highest BCUT2D eigenvalue weighted by Crippen LogP contribution is 2.28. The molecule has 0 saturated carbocycles. The molecule has 1 N–H and O–H groups in total. The summed E-state index contributed by atoms with van der Waals surface area (Å²) in [5.74, 6) is 0.0922. The molecule has 2 aromatic rings. The quantitative estimate of drug-likeness (QED) is 0.508. The van der Waals surface area contributed by atoms with Crippen molar-refractivity contribution in [3.8, 4) is 5.75 Å². The fourth-order valence-electron chi connectivity index (χ4n) is 1.64. The molecule has 0 aliphatic heterocycles.